The Bertz CT molecular complexity index is 960. The van der Waals surface area contributed by atoms with Gasteiger partial charge in [0.25, 0.3) is 0 Å². The summed E-state index contributed by atoms with van der Waals surface area (Å²) in [7, 11) is 3.31. The number of aromatic hydroxyl groups is 1. The minimum Gasteiger partial charge on any atom is -0.504 e. The molecule has 0 aliphatic heterocycles. The van der Waals surface area contributed by atoms with Crippen LogP contribution in [-0.2, 0) is 22.6 Å². The molecule has 1 aromatic heterocycles. The lowest BCUT2D eigenvalue weighted by Crippen LogP contribution is -2.25. The van der Waals surface area contributed by atoms with Crippen molar-refractivity contribution in [2.75, 3.05) is 14.2 Å². The van der Waals surface area contributed by atoms with Crippen LogP contribution in [0, 0.1) is 5.92 Å². The van der Waals surface area contributed by atoms with Crippen LogP contribution in [-0.4, -0.2) is 35.8 Å². The average Bonchev–Trinajstić information content (AvgIpc) is 3.24. The Balaban J connectivity index is 1.63. The summed E-state index contributed by atoms with van der Waals surface area (Å²) in [6.45, 7) is 2.61. The van der Waals surface area contributed by atoms with E-state index in [0.29, 0.717) is 18.7 Å². The van der Waals surface area contributed by atoms with E-state index < -0.39 is 0 Å². The summed E-state index contributed by atoms with van der Waals surface area (Å²) in [4.78, 5) is 28.8. The van der Waals surface area contributed by atoms with Gasteiger partial charge < -0.3 is 20.1 Å². The van der Waals surface area contributed by atoms with E-state index in [0.717, 1.165) is 29.7 Å². The molecule has 0 radical (unpaired) electrons. The molecule has 3 N–H and O–H groups in total. The number of nitrogens with one attached hydrogen (secondary N) is 2. The molecule has 0 unspecified atom stereocenters. The van der Waals surface area contributed by atoms with Crippen LogP contribution in [0.4, 0.5) is 0 Å². The lowest BCUT2D eigenvalue weighted by Gasteiger charge is -2.26. The molecule has 0 saturated carbocycles. The van der Waals surface area contributed by atoms with E-state index in [4.69, 9.17) is 4.74 Å². The van der Waals surface area contributed by atoms with Crippen LogP contribution >= 0.6 is 0 Å². The van der Waals surface area contributed by atoms with Gasteiger partial charge in [0.15, 0.2) is 11.5 Å². The maximum Gasteiger partial charge on any atom is 0.162 e. The normalized spacial score (nSPS) is 17.4. The van der Waals surface area contributed by atoms with Crippen molar-refractivity contribution in [3.8, 4) is 11.5 Å². The largest absolute Gasteiger partial charge is 0.504 e. The number of rotatable bonds is 11. The molecule has 2 atom stereocenters. The van der Waals surface area contributed by atoms with Crippen molar-refractivity contribution in [2.45, 2.75) is 51.5 Å². The molecule has 0 bridgehead atoms. The second-order valence-corrected chi connectivity index (χ2v) is 8.14. The van der Waals surface area contributed by atoms with Crippen LogP contribution in [0.1, 0.15) is 60.9 Å². The van der Waals surface area contributed by atoms with Crippen molar-refractivity contribution >= 4 is 17.6 Å². The van der Waals surface area contributed by atoms with Gasteiger partial charge in [-0.15, -0.1) is 0 Å². The Morgan fingerprint density at radius 1 is 1.29 bits per heavy atom. The number of aryl methyl sites for hydroxylation is 1. The van der Waals surface area contributed by atoms with E-state index in [1.807, 2.05) is 30.5 Å². The van der Waals surface area contributed by atoms with Gasteiger partial charge in [0.1, 0.15) is 11.6 Å². The molecule has 1 aliphatic rings. The van der Waals surface area contributed by atoms with Crippen molar-refractivity contribution in [1.29, 1.82) is 0 Å². The van der Waals surface area contributed by atoms with Crippen molar-refractivity contribution in [3.63, 3.8) is 0 Å². The van der Waals surface area contributed by atoms with Crippen molar-refractivity contribution in [1.82, 2.24) is 10.3 Å². The van der Waals surface area contributed by atoms with E-state index in [-0.39, 0.29) is 42.0 Å². The quantitative estimate of drug-likeness (QED) is 0.472. The van der Waals surface area contributed by atoms with Crippen LogP contribution < -0.4 is 10.1 Å². The van der Waals surface area contributed by atoms with Gasteiger partial charge in [-0.1, -0.05) is 25.5 Å². The third-order valence-corrected chi connectivity index (χ3v) is 5.95. The smallest absolute Gasteiger partial charge is 0.162 e. The number of allylic oxidation sites excluding steroid dienone is 1. The summed E-state index contributed by atoms with van der Waals surface area (Å²) < 4.78 is 5.25. The van der Waals surface area contributed by atoms with Crippen LogP contribution in [0.2, 0.25) is 0 Å². The Morgan fingerprint density at radius 2 is 2.10 bits per heavy atom. The predicted octanol–water partition coefficient (Wildman–Crippen LogP) is 4.14. The monoisotopic (exact) mass is 424 g/mol. The summed E-state index contributed by atoms with van der Waals surface area (Å²) in [5.74, 6) is 0.312. The molecule has 1 aliphatic carbocycles. The molecule has 166 valence electrons. The topological polar surface area (TPSA) is 91.4 Å². The number of phenolic OH excluding ortho intramolecular Hbond substituents is 1. The van der Waals surface area contributed by atoms with Crippen LogP contribution in [0.15, 0.2) is 30.5 Å². The number of carbonyl (C=O) groups is 2. The van der Waals surface area contributed by atoms with E-state index in [2.05, 4.69) is 17.2 Å². The molecule has 6 heteroatoms. The Kier molecular flexibility index (Phi) is 7.69. The number of carbonyl (C=O) groups excluding carboxylic acids is 2. The number of aromatic amines is 1. The number of hydrogen-bond donors (Lipinski definition) is 3. The Labute approximate surface area is 183 Å². The fourth-order valence-electron chi connectivity index (χ4n) is 4.41. The lowest BCUT2D eigenvalue weighted by molar-refractivity contribution is -0.128. The summed E-state index contributed by atoms with van der Waals surface area (Å²) in [5, 5.41) is 13.2. The van der Waals surface area contributed by atoms with Crippen LogP contribution in [0.3, 0.4) is 0 Å². The third kappa shape index (κ3) is 5.25. The molecular formula is C25H32N2O4. The van der Waals surface area contributed by atoms with Crippen molar-refractivity contribution in [2.24, 2.45) is 5.92 Å². The lowest BCUT2D eigenvalue weighted by atomic mass is 9.76. The molecule has 0 spiro atoms. The van der Waals surface area contributed by atoms with Gasteiger partial charge in [-0.05, 0) is 55.1 Å². The SMILES string of the molecule is CCC[C@@H]1c2cc[nH]c2C=C[C@H]1C(=O)CC(=O)CCc1cc(CNC)c(O)c(OC)c1. The van der Waals surface area contributed by atoms with Gasteiger partial charge >= 0.3 is 0 Å². The zero-order valence-electron chi connectivity index (χ0n) is 18.5. The fraction of sp³-hybridized carbons (Fsp3) is 0.440. The molecule has 3 rings (SSSR count). The number of phenols is 1. The fourth-order valence-corrected chi connectivity index (χ4v) is 4.41. The van der Waals surface area contributed by atoms with E-state index in [1.165, 1.54) is 12.7 Å². The van der Waals surface area contributed by atoms with Gasteiger partial charge in [0.05, 0.1) is 13.5 Å². The summed E-state index contributed by atoms with van der Waals surface area (Å²) in [5.41, 5.74) is 3.85. The number of hydrogen-bond acceptors (Lipinski definition) is 5. The summed E-state index contributed by atoms with van der Waals surface area (Å²) >= 11 is 0. The maximum atomic E-state index is 13.0. The maximum absolute atomic E-state index is 13.0. The molecule has 0 amide bonds. The standard InChI is InChI=1S/C25H32N2O4/c1-4-5-19-20-10-11-27-22(20)9-8-21(19)23(29)14-18(28)7-6-16-12-17(15-26-2)25(30)24(13-16)31-3/h8-13,19,21,26-27,30H,4-7,14-15H2,1-3H3/t19-,21-/m1/s1. The summed E-state index contributed by atoms with van der Waals surface area (Å²) in [6.07, 6.45) is 8.45. The van der Waals surface area contributed by atoms with Gasteiger partial charge in [0, 0.05) is 36.3 Å². The molecule has 6 nitrogen and oxygen atoms in total. The number of methoxy groups -OCH3 is 1. The average molecular weight is 425 g/mol. The zero-order valence-corrected chi connectivity index (χ0v) is 18.5. The van der Waals surface area contributed by atoms with Gasteiger partial charge in [0.2, 0.25) is 0 Å². The first-order chi connectivity index (χ1) is 15.0. The Morgan fingerprint density at radius 3 is 2.81 bits per heavy atom. The number of Topliss-reactive ketones (excluding diaryl/α,β-unsaturated/α-hetero) is 2. The minimum absolute atomic E-state index is 0.00860. The number of ether oxygens (including phenoxy) is 1. The van der Waals surface area contributed by atoms with Crippen LogP contribution in [0.25, 0.3) is 6.08 Å². The highest BCUT2D eigenvalue weighted by Gasteiger charge is 2.32. The van der Waals surface area contributed by atoms with Gasteiger partial charge in [-0.3, -0.25) is 9.59 Å². The first-order valence-corrected chi connectivity index (χ1v) is 10.9. The second kappa shape index (κ2) is 10.4. The minimum atomic E-state index is -0.247. The second-order valence-electron chi connectivity index (χ2n) is 8.14. The van der Waals surface area contributed by atoms with Crippen molar-refractivity contribution in [3.05, 3.63) is 52.9 Å². The third-order valence-electron chi connectivity index (χ3n) is 5.95. The molecule has 1 heterocycles. The molecule has 1 aromatic carbocycles. The Hall–Kier alpha value is -2.86. The number of benzene rings is 1. The van der Waals surface area contributed by atoms with Gasteiger partial charge in [-0.25, -0.2) is 0 Å². The number of aromatic nitrogens is 1. The molecule has 0 saturated heterocycles. The van der Waals surface area contributed by atoms with Gasteiger partial charge in [-0.2, -0.15) is 0 Å². The summed E-state index contributed by atoms with van der Waals surface area (Å²) in [6, 6.07) is 5.67. The number of fused-ring (bicyclic) bond motifs is 1. The highest BCUT2D eigenvalue weighted by molar-refractivity contribution is 6.01. The van der Waals surface area contributed by atoms with Crippen LogP contribution in [0.5, 0.6) is 11.5 Å². The van der Waals surface area contributed by atoms with Crippen molar-refractivity contribution < 1.29 is 19.4 Å². The first kappa shape index (κ1) is 22.8. The van der Waals surface area contributed by atoms with E-state index in [1.54, 1.807) is 13.1 Å². The molecule has 31 heavy (non-hydrogen) atoms. The first-order valence-electron chi connectivity index (χ1n) is 10.9. The number of H-pyrrole nitrogens is 1. The molecule has 0 fully saturated rings. The highest BCUT2D eigenvalue weighted by Crippen LogP contribution is 2.38. The van der Waals surface area contributed by atoms with E-state index in [9.17, 15) is 14.7 Å². The zero-order chi connectivity index (χ0) is 22.4. The number of ketones is 2. The predicted molar refractivity (Wildman–Crippen MR) is 121 cm³/mol. The molecule has 2 aromatic rings. The highest BCUT2D eigenvalue weighted by atomic mass is 16.5. The molecular weight excluding hydrogens is 392 g/mol. The van der Waals surface area contributed by atoms with E-state index >= 15 is 0 Å².